The summed E-state index contributed by atoms with van der Waals surface area (Å²) in [6.07, 6.45) is 2.99. The lowest BCUT2D eigenvalue weighted by Crippen LogP contribution is -2.58. The Hall–Kier alpha value is -5.70. The molecule has 4 rings (SSSR count). The first-order chi connectivity index (χ1) is 25.5. The van der Waals surface area contributed by atoms with E-state index in [1.54, 1.807) is 17.0 Å². The molecule has 15 heteroatoms. The number of nitrogens with zero attached hydrogens (tertiary/aromatic N) is 2. The zero-order valence-electron chi connectivity index (χ0n) is 29.8. The number of nitrogens with two attached hydrogens (primary N) is 4. The molecule has 0 spiro atoms. The van der Waals surface area contributed by atoms with Crippen molar-refractivity contribution in [2.24, 2.45) is 27.9 Å². The molecule has 3 aromatic carbocycles. The van der Waals surface area contributed by atoms with E-state index < -0.39 is 47.8 Å². The molecule has 1 heterocycles. The Labute approximate surface area is 308 Å². The molecule has 1 aliphatic heterocycles. The number of carbonyl (C=O) groups excluding carboxylic acids is 5. The number of rotatable bonds is 19. The van der Waals surface area contributed by atoms with Crippen molar-refractivity contribution in [3.8, 4) is 5.75 Å². The number of hydrogen-bond acceptors (Lipinski definition) is 8. The fourth-order valence-corrected chi connectivity index (χ4v) is 6.49. The van der Waals surface area contributed by atoms with E-state index in [0.29, 0.717) is 50.8 Å². The molecule has 284 valence electrons. The topological polar surface area (TPSA) is 261 Å². The molecule has 3 aromatic rings. The standard InChI is InChI=1S/C38H51N9O6/c39-19-4-3-12-29(45-37(53)32-14-7-21-47(32)33(49)23-26-10-5-9-25-8-1-2-11-28(25)26)35(51)44-30(13-6-20-43-38(41)42)36(52)46-31(34(40)50)22-24-15-17-27(48)18-16-24/h1-2,5,8-11,15-18,29-32,48H,3-4,6-7,12-14,19-23,39H2,(H2,40,50)(H,44,51)(H,45,53)(H,46,52)(H4,41,42,43)/t29?,30?,31?,32-/m0/s1. The van der Waals surface area contributed by atoms with Crippen molar-refractivity contribution in [2.75, 3.05) is 19.6 Å². The summed E-state index contributed by atoms with van der Waals surface area (Å²) in [4.78, 5) is 72.8. The molecular weight excluding hydrogens is 678 g/mol. The van der Waals surface area contributed by atoms with E-state index in [4.69, 9.17) is 22.9 Å². The summed E-state index contributed by atoms with van der Waals surface area (Å²) >= 11 is 0. The number of phenolic OH excluding ortho intramolecular Hbond substituents is 1. The van der Waals surface area contributed by atoms with E-state index in [9.17, 15) is 29.1 Å². The maximum absolute atomic E-state index is 13.9. The van der Waals surface area contributed by atoms with Crippen LogP contribution in [0.1, 0.15) is 56.1 Å². The predicted molar refractivity (Wildman–Crippen MR) is 202 cm³/mol. The summed E-state index contributed by atoms with van der Waals surface area (Å²) < 4.78 is 0. The highest BCUT2D eigenvalue weighted by Crippen LogP contribution is 2.23. The summed E-state index contributed by atoms with van der Waals surface area (Å²) in [5.41, 5.74) is 23.8. The molecular formula is C38H51N9O6. The number of carbonyl (C=O) groups is 5. The third-order valence-electron chi connectivity index (χ3n) is 9.29. The summed E-state index contributed by atoms with van der Waals surface area (Å²) in [5, 5.41) is 19.8. The zero-order chi connectivity index (χ0) is 38.3. The Morgan fingerprint density at radius 3 is 2.17 bits per heavy atom. The second kappa shape index (κ2) is 19.8. The minimum absolute atomic E-state index is 0.0400. The van der Waals surface area contributed by atoms with Gasteiger partial charge in [-0.05, 0) is 85.5 Å². The monoisotopic (exact) mass is 729 g/mol. The van der Waals surface area contributed by atoms with Crippen LogP contribution >= 0.6 is 0 Å². The molecule has 0 aliphatic carbocycles. The van der Waals surface area contributed by atoms with Gasteiger partial charge < -0.3 is 48.9 Å². The second-order valence-corrected chi connectivity index (χ2v) is 13.2. The van der Waals surface area contributed by atoms with Crippen LogP contribution in [0, 0.1) is 0 Å². The number of benzene rings is 3. The third kappa shape index (κ3) is 11.9. The van der Waals surface area contributed by atoms with Crippen molar-refractivity contribution in [2.45, 2.75) is 82.0 Å². The first kappa shape index (κ1) is 40.1. The largest absolute Gasteiger partial charge is 0.508 e. The molecule has 3 unspecified atom stereocenters. The first-order valence-electron chi connectivity index (χ1n) is 18.0. The summed E-state index contributed by atoms with van der Waals surface area (Å²) in [5.74, 6) is -2.80. The molecule has 1 saturated heterocycles. The van der Waals surface area contributed by atoms with Crippen molar-refractivity contribution in [3.05, 3.63) is 77.9 Å². The van der Waals surface area contributed by atoms with Crippen LogP contribution in [0.25, 0.3) is 10.8 Å². The quantitative estimate of drug-likeness (QED) is 0.0483. The molecule has 12 N–H and O–H groups in total. The molecule has 4 atom stereocenters. The van der Waals surface area contributed by atoms with Gasteiger partial charge in [0.2, 0.25) is 29.5 Å². The van der Waals surface area contributed by atoms with E-state index in [0.717, 1.165) is 16.3 Å². The Balaban J connectivity index is 1.47. The normalized spacial score (nSPS) is 15.6. The molecule has 53 heavy (non-hydrogen) atoms. The van der Waals surface area contributed by atoms with Crippen LogP contribution < -0.4 is 38.9 Å². The Kier molecular flexibility index (Phi) is 15.0. The van der Waals surface area contributed by atoms with E-state index in [2.05, 4.69) is 20.9 Å². The molecule has 1 aliphatic rings. The summed E-state index contributed by atoms with van der Waals surface area (Å²) in [6, 6.07) is 15.6. The van der Waals surface area contributed by atoms with Crippen LogP contribution in [0.15, 0.2) is 71.7 Å². The molecule has 0 saturated carbocycles. The van der Waals surface area contributed by atoms with Crippen LogP contribution in [0.4, 0.5) is 0 Å². The van der Waals surface area contributed by atoms with E-state index >= 15 is 0 Å². The van der Waals surface area contributed by atoms with Crippen molar-refractivity contribution < 1.29 is 29.1 Å². The minimum atomic E-state index is -1.14. The van der Waals surface area contributed by atoms with E-state index in [1.165, 1.54) is 12.1 Å². The van der Waals surface area contributed by atoms with Crippen molar-refractivity contribution in [1.82, 2.24) is 20.9 Å². The van der Waals surface area contributed by atoms with Gasteiger partial charge in [-0.25, -0.2) is 0 Å². The van der Waals surface area contributed by atoms with Gasteiger partial charge in [-0.1, -0.05) is 54.6 Å². The number of phenols is 1. The smallest absolute Gasteiger partial charge is 0.243 e. The molecule has 5 amide bonds. The highest BCUT2D eigenvalue weighted by molar-refractivity contribution is 5.96. The fraction of sp³-hybridized carbons (Fsp3) is 0.421. The predicted octanol–water partition coefficient (Wildman–Crippen LogP) is 0.444. The number of primary amides is 1. The zero-order valence-corrected chi connectivity index (χ0v) is 29.8. The van der Waals surface area contributed by atoms with Gasteiger partial charge in [0.25, 0.3) is 0 Å². The number of unbranched alkanes of at least 4 members (excludes halogenated alkanes) is 1. The van der Waals surface area contributed by atoms with Gasteiger partial charge in [-0.2, -0.15) is 0 Å². The van der Waals surface area contributed by atoms with Crippen molar-refractivity contribution >= 4 is 46.3 Å². The van der Waals surface area contributed by atoms with Gasteiger partial charge in [0.1, 0.15) is 29.9 Å². The van der Waals surface area contributed by atoms with Gasteiger partial charge in [-0.15, -0.1) is 0 Å². The number of nitrogens with one attached hydrogen (secondary N) is 3. The Morgan fingerprint density at radius 2 is 1.47 bits per heavy atom. The maximum atomic E-state index is 13.9. The number of aromatic hydroxyl groups is 1. The molecule has 15 nitrogen and oxygen atoms in total. The number of hydrogen-bond donors (Lipinski definition) is 8. The first-order valence-corrected chi connectivity index (χ1v) is 18.0. The van der Waals surface area contributed by atoms with Gasteiger partial charge in [0, 0.05) is 19.5 Å². The minimum Gasteiger partial charge on any atom is -0.508 e. The van der Waals surface area contributed by atoms with E-state index in [1.807, 2.05) is 42.5 Å². The number of fused-ring (bicyclic) bond motifs is 1. The van der Waals surface area contributed by atoms with Gasteiger partial charge in [0.15, 0.2) is 5.96 Å². The van der Waals surface area contributed by atoms with Crippen LogP contribution in [0.2, 0.25) is 0 Å². The third-order valence-corrected chi connectivity index (χ3v) is 9.29. The lowest BCUT2D eigenvalue weighted by molar-refractivity contribution is -0.139. The highest BCUT2D eigenvalue weighted by atomic mass is 16.3. The van der Waals surface area contributed by atoms with Gasteiger partial charge in [0.05, 0.1) is 6.42 Å². The summed E-state index contributed by atoms with van der Waals surface area (Å²) in [6.45, 7) is 0.970. The van der Waals surface area contributed by atoms with E-state index in [-0.39, 0.29) is 49.8 Å². The number of likely N-dealkylation sites (tertiary alicyclic amines) is 1. The van der Waals surface area contributed by atoms with Crippen LogP contribution in [-0.2, 0) is 36.8 Å². The number of aliphatic imine (C=N–C) groups is 1. The van der Waals surface area contributed by atoms with Crippen LogP contribution in [0.3, 0.4) is 0 Å². The fourth-order valence-electron chi connectivity index (χ4n) is 6.49. The summed E-state index contributed by atoms with van der Waals surface area (Å²) in [7, 11) is 0. The average Bonchev–Trinajstić information content (AvgIpc) is 3.64. The Bertz CT molecular complexity index is 1760. The molecule has 0 aromatic heterocycles. The van der Waals surface area contributed by atoms with Crippen LogP contribution in [-0.4, -0.2) is 89.3 Å². The van der Waals surface area contributed by atoms with Crippen LogP contribution in [0.5, 0.6) is 5.75 Å². The van der Waals surface area contributed by atoms with Crippen molar-refractivity contribution in [3.63, 3.8) is 0 Å². The molecule has 1 fully saturated rings. The van der Waals surface area contributed by atoms with Gasteiger partial charge in [-0.3, -0.25) is 29.0 Å². The Morgan fingerprint density at radius 1 is 0.811 bits per heavy atom. The lowest BCUT2D eigenvalue weighted by Gasteiger charge is -2.28. The highest BCUT2D eigenvalue weighted by Gasteiger charge is 2.36. The lowest BCUT2D eigenvalue weighted by atomic mass is 10.0. The van der Waals surface area contributed by atoms with Gasteiger partial charge >= 0.3 is 0 Å². The number of guanidine groups is 1. The number of amides is 5. The molecule has 0 radical (unpaired) electrons. The molecule has 0 bridgehead atoms. The SMILES string of the molecule is NCCCCC(NC(=O)[C@@H]1CCCN1C(=O)Cc1cccc2ccccc12)C(=O)NC(CCCN=C(N)N)C(=O)NC(Cc1ccc(O)cc1)C(N)=O. The average molecular weight is 730 g/mol. The maximum Gasteiger partial charge on any atom is 0.243 e. The van der Waals surface area contributed by atoms with Crippen molar-refractivity contribution in [1.29, 1.82) is 0 Å². The second-order valence-electron chi connectivity index (χ2n) is 13.2.